The zero-order valence-corrected chi connectivity index (χ0v) is 16.5. The quantitative estimate of drug-likeness (QED) is 0.406. The van der Waals surface area contributed by atoms with Crippen molar-refractivity contribution in [2.24, 2.45) is 13.0 Å². The number of carbonyl (C=O) groups excluding carboxylic acids is 1. The third-order valence-corrected chi connectivity index (χ3v) is 5.30. The summed E-state index contributed by atoms with van der Waals surface area (Å²) in [6, 6.07) is 1.77. The van der Waals surface area contributed by atoms with Crippen LogP contribution in [-0.4, -0.2) is 15.1 Å². The van der Waals surface area contributed by atoms with Gasteiger partial charge < -0.3 is 4.74 Å². The lowest BCUT2D eigenvalue weighted by Gasteiger charge is -2.20. The summed E-state index contributed by atoms with van der Waals surface area (Å²) in [6.07, 6.45) is -0.970. The molecule has 0 bridgehead atoms. The highest BCUT2D eigenvalue weighted by atomic mass is 35.5. The Hall–Kier alpha value is -2.62. The van der Waals surface area contributed by atoms with E-state index in [2.05, 4.69) is 0 Å². The number of carbonyl (C=O) groups is 1. The zero-order valence-electron chi connectivity index (χ0n) is 15.8. The lowest BCUT2D eigenvalue weighted by molar-refractivity contribution is -0.144. The largest absolute Gasteiger partial charge is 0.431 e. The van der Waals surface area contributed by atoms with E-state index in [1.165, 1.54) is 0 Å². The molecule has 11 heteroatoms. The first-order valence-corrected chi connectivity index (χ1v) is 9.50. The van der Waals surface area contributed by atoms with Gasteiger partial charge in [-0.3, -0.25) is 14.2 Å². The van der Waals surface area contributed by atoms with Crippen LogP contribution in [0.15, 0.2) is 27.8 Å². The van der Waals surface area contributed by atoms with Crippen molar-refractivity contribution in [3.05, 3.63) is 55.6 Å². The topological polar surface area (TPSA) is 70.3 Å². The van der Waals surface area contributed by atoms with Gasteiger partial charge in [-0.2, -0.15) is 13.2 Å². The van der Waals surface area contributed by atoms with Gasteiger partial charge in [-0.15, -0.1) is 0 Å². The van der Waals surface area contributed by atoms with E-state index in [9.17, 15) is 31.9 Å². The van der Waals surface area contributed by atoms with E-state index in [-0.39, 0.29) is 31.9 Å². The summed E-state index contributed by atoms with van der Waals surface area (Å²) < 4.78 is 59.1. The van der Waals surface area contributed by atoms with Crippen molar-refractivity contribution >= 4 is 17.6 Å². The summed E-state index contributed by atoms with van der Waals surface area (Å²) in [6.45, 7) is 0. The average Bonchev–Trinajstić information content (AvgIpc) is 2.67. The molecule has 1 fully saturated rings. The van der Waals surface area contributed by atoms with Gasteiger partial charge in [-0.05, 0) is 18.9 Å². The Kier molecular flexibility index (Phi) is 6.07. The third kappa shape index (κ3) is 4.28. The minimum atomic E-state index is -4.95. The van der Waals surface area contributed by atoms with Gasteiger partial charge in [0.25, 0.3) is 5.56 Å². The number of aromatic nitrogens is 2. The maximum atomic E-state index is 14.5. The van der Waals surface area contributed by atoms with Crippen LogP contribution < -0.4 is 16.0 Å². The Morgan fingerprint density at radius 1 is 1.13 bits per heavy atom. The molecule has 30 heavy (non-hydrogen) atoms. The third-order valence-electron chi connectivity index (χ3n) is 5.00. The van der Waals surface area contributed by atoms with E-state index in [0.717, 1.165) is 38.4 Å². The predicted molar refractivity (Wildman–Crippen MR) is 99.5 cm³/mol. The van der Waals surface area contributed by atoms with Crippen molar-refractivity contribution in [2.45, 2.75) is 38.3 Å². The number of ether oxygens (including phenoxy) is 1. The molecular weight excluding hydrogens is 432 g/mol. The second-order valence-corrected chi connectivity index (χ2v) is 7.44. The average molecular weight is 449 g/mol. The molecule has 0 unspecified atom stereocenters. The predicted octanol–water partition coefficient (Wildman–Crippen LogP) is 3.83. The molecule has 6 nitrogen and oxygen atoms in total. The molecule has 1 heterocycles. The molecule has 0 radical (unpaired) electrons. The molecule has 1 aromatic carbocycles. The van der Waals surface area contributed by atoms with Crippen LogP contribution in [0, 0.1) is 11.7 Å². The van der Waals surface area contributed by atoms with Crippen molar-refractivity contribution in [3.8, 4) is 11.4 Å². The molecule has 1 aromatic heterocycles. The van der Waals surface area contributed by atoms with Crippen molar-refractivity contribution in [1.82, 2.24) is 9.13 Å². The number of hydrogen-bond donors (Lipinski definition) is 0. The molecule has 162 valence electrons. The summed E-state index contributed by atoms with van der Waals surface area (Å²) in [5.74, 6) is -2.37. The van der Waals surface area contributed by atoms with Crippen LogP contribution in [0.2, 0.25) is 5.02 Å². The van der Waals surface area contributed by atoms with Gasteiger partial charge in [0.15, 0.2) is 5.75 Å². The van der Waals surface area contributed by atoms with E-state index < -0.39 is 40.6 Å². The summed E-state index contributed by atoms with van der Waals surface area (Å²) in [5, 5.41) is -0.280. The molecule has 3 rings (SSSR count). The van der Waals surface area contributed by atoms with Gasteiger partial charge in [-0.25, -0.2) is 13.8 Å². The molecule has 0 N–H and O–H groups in total. The lowest BCUT2D eigenvalue weighted by atomic mass is 9.89. The highest BCUT2D eigenvalue weighted by Gasteiger charge is 2.35. The second-order valence-electron chi connectivity index (χ2n) is 7.03. The number of esters is 1. The number of rotatable bonds is 3. The molecule has 1 aliphatic carbocycles. The van der Waals surface area contributed by atoms with Crippen molar-refractivity contribution in [2.75, 3.05) is 0 Å². The van der Waals surface area contributed by atoms with Crippen LogP contribution in [-0.2, 0) is 18.0 Å². The van der Waals surface area contributed by atoms with E-state index >= 15 is 0 Å². The Morgan fingerprint density at radius 2 is 1.77 bits per heavy atom. The van der Waals surface area contributed by atoms with Crippen molar-refractivity contribution in [3.63, 3.8) is 0 Å². The lowest BCUT2D eigenvalue weighted by Crippen LogP contribution is -2.41. The molecule has 0 atom stereocenters. The second kappa shape index (κ2) is 8.25. The first-order chi connectivity index (χ1) is 14.0. The van der Waals surface area contributed by atoms with Gasteiger partial charge in [0.1, 0.15) is 11.5 Å². The molecule has 1 saturated carbocycles. The first-order valence-electron chi connectivity index (χ1n) is 9.12. The standard InChI is InChI=1S/C19H17ClF4N2O4/c1-25-15(19(22,23)24)9-16(27)26(18(25)29)13-8-14(11(20)7-12(13)21)30-17(28)10-5-3-2-4-6-10/h7-10H,2-6H2,1H3. The van der Waals surface area contributed by atoms with Crippen LogP contribution in [0.4, 0.5) is 17.6 Å². The van der Waals surface area contributed by atoms with Crippen LogP contribution in [0.1, 0.15) is 37.8 Å². The van der Waals surface area contributed by atoms with E-state index in [1.807, 2.05) is 0 Å². The Morgan fingerprint density at radius 3 is 2.37 bits per heavy atom. The molecular formula is C19H17ClF4N2O4. The fraction of sp³-hybridized carbons (Fsp3) is 0.421. The SMILES string of the molecule is Cn1c(C(F)(F)F)cc(=O)n(-c2cc(OC(=O)C3CCCCC3)c(Cl)cc2F)c1=O. The molecule has 2 aromatic rings. The summed E-state index contributed by atoms with van der Waals surface area (Å²) >= 11 is 5.93. The van der Waals surface area contributed by atoms with Gasteiger partial charge >= 0.3 is 17.8 Å². The van der Waals surface area contributed by atoms with Crippen LogP contribution >= 0.6 is 11.6 Å². The molecule has 0 spiro atoms. The van der Waals surface area contributed by atoms with Gasteiger partial charge in [0.05, 0.1) is 16.6 Å². The van der Waals surface area contributed by atoms with Gasteiger partial charge in [0.2, 0.25) is 0 Å². The Balaban J connectivity index is 2.06. The monoisotopic (exact) mass is 448 g/mol. The van der Waals surface area contributed by atoms with E-state index in [1.54, 1.807) is 0 Å². The van der Waals surface area contributed by atoms with Crippen molar-refractivity contribution < 1.29 is 27.1 Å². The Bertz CT molecular complexity index is 1100. The van der Waals surface area contributed by atoms with E-state index in [0.29, 0.717) is 12.8 Å². The molecule has 0 aliphatic heterocycles. The van der Waals surface area contributed by atoms with Gasteiger partial charge in [0, 0.05) is 19.2 Å². The highest BCUT2D eigenvalue weighted by molar-refractivity contribution is 6.32. The number of nitrogens with zero attached hydrogens (tertiary/aromatic N) is 2. The van der Waals surface area contributed by atoms with Crippen molar-refractivity contribution in [1.29, 1.82) is 0 Å². The summed E-state index contributed by atoms with van der Waals surface area (Å²) in [5.41, 5.74) is -4.96. The highest BCUT2D eigenvalue weighted by Crippen LogP contribution is 2.32. The molecule has 0 amide bonds. The normalized spacial score (nSPS) is 15.3. The smallest absolute Gasteiger partial charge is 0.425 e. The molecule has 0 saturated heterocycles. The van der Waals surface area contributed by atoms with Crippen LogP contribution in [0.5, 0.6) is 5.75 Å². The number of benzene rings is 1. The summed E-state index contributed by atoms with van der Waals surface area (Å²) in [4.78, 5) is 37.0. The maximum Gasteiger partial charge on any atom is 0.431 e. The Labute approximate surface area is 172 Å². The number of alkyl halides is 3. The minimum absolute atomic E-state index is 0.184. The number of hydrogen-bond acceptors (Lipinski definition) is 4. The molecule has 1 aliphatic rings. The van der Waals surface area contributed by atoms with E-state index in [4.69, 9.17) is 16.3 Å². The first kappa shape index (κ1) is 22.1. The van der Waals surface area contributed by atoms with Crippen LogP contribution in [0.25, 0.3) is 5.69 Å². The maximum absolute atomic E-state index is 14.5. The minimum Gasteiger partial charge on any atom is -0.425 e. The fourth-order valence-electron chi connectivity index (χ4n) is 3.42. The van der Waals surface area contributed by atoms with Crippen LogP contribution in [0.3, 0.4) is 0 Å². The fourth-order valence-corrected chi connectivity index (χ4v) is 3.61. The zero-order chi connectivity index (χ0) is 22.2. The van der Waals surface area contributed by atoms with Gasteiger partial charge in [-0.1, -0.05) is 30.9 Å². The number of halogens is 5. The summed E-state index contributed by atoms with van der Waals surface area (Å²) in [7, 11) is 0.804.